The lowest BCUT2D eigenvalue weighted by atomic mass is 9.85. The van der Waals surface area contributed by atoms with Crippen LogP contribution < -0.4 is 5.73 Å². The van der Waals surface area contributed by atoms with Crippen LogP contribution in [-0.2, 0) is 0 Å². The van der Waals surface area contributed by atoms with Gasteiger partial charge in [-0.3, -0.25) is 0 Å². The molecule has 0 bridgehead atoms. The molecule has 0 unspecified atom stereocenters. The fourth-order valence-corrected chi connectivity index (χ4v) is 1.33. The molecule has 0 saturated heterocycles. The van der Waals surface area contributed by atoms with E-state index in [1.54, 1.807) is 0 Å². The molecule has 0 aliphatic heterocycles. The van der Waals surface area contributed by atoms with Gasteiger partial charge in [-0.25, -0.2) is 0 Å². The Bertz CT molecular complexity index is 94.9. The second kappa shape index (κ2) is 2.67. The van der Waals surface area contributed by atoms with Gasteiger partial charge < -0.3 is 10.8 Å². The molecule has 3 N–H and O–H groups in total. The van der Waals surface area contributed by atoms with Crippen molar-refractivity contribution in [3.05, 3.63) is 0 Å². The molecular weight excluding hydrogens is 114 g/mol. The largest absolute Gasteiger partial charge is 0.393 e. The van der Waals surface area contributed by atoms with Crippen LogP contribution in [0.25, 0.3) is 0 Å². The number of aliphatic hydroxyl groups excluding tert-OH is 1. The van der Waals surface area contributed by atoms with Crippen molar-refractivity contribution in [2.75, 3.05) is 0 Å². The summed E-state index contributed by atoms with van der Waals surface area (Å²) in [7, 11) is 0. The quantitative estimate of drug-likeness (QED) is 0.500. The second-order valence-corrected chi connectivity index (χ2v) is 3.12. The summed E-state index contributed by atoms with van der Waals surface area (Å²) in [4.78, 5) is 0. The zero-order valence-corrected chi connectivity index (χ0v) is 5.88. The van der Waals surface area contributed by atoms with E-state index in [0.29, 0.717) is 5.92 Å². The Balaban J connectivity index is 2.35. The Morgan fingerprint density at radius 3 is 2.56 bits per heavy atom. The van der Waals surface area contributed by atoms with Crippen molar-refractivity contribution in [2.45, 2.75) is 38.3 Å². The molecule has 3 atom stereocenters. The highest BCUT2D eigenvalue weighted by molar-refractivity contribution is 4.78. The van der Waals surface area contributed by atoms with E-state index in [0.717, 1.165) is 19.3 Å². The maximum atomic E-state index is 9.27. The average molecular weight is 129 g/mol. The molecule has 0 aromatic heterocycles. The van der Waals surface area contributed by atoms with Crippen LogP contribution in [0.5, 0.6) is 0 Å². The van der Waals surface area contributed by atoms with Gasteiger partial charge in [-0.2, -0.15) is 0 Å². The van der Waals surface area contributed by atoms with Crippen LogP contribution in [0.15, 0.2) is 0 Å². The lowest BCUT2D eigenvalue weighted by Gasteiger charge is -2.28. The summed E-state index contributed by atoms with van der Waals surface area (Å²) in [5.74, 6) is 0.463. The highest BCUT2D eigenvalue weighted by atomic mass is 16.3. The Labute approximate surface area is 56.1 Å². The molecule has 1 rings (SSSR count). The van der Waals surface area contributed by atoms with Crippen molar-refractivity contribution in [3.63, 3.8) is 0 Å². The van der Waals surface area contributed by atoms with Crippen LogP contribution in [0.4, 0.5) is 0 Å². The average Bonchev–Trinajstić information content (AvgIpc) is 1.80. The lowest BCUT2D eigenvalue weighted by Crippen LogP contribution is -2.35. The third-order valence-corrected chi connectivity index (χ3v) is 2.19. The molecule has 1 aliphatic rings. The molecule has 0 aromatic carbocycles. The molecule has 2 nitrogen and oxygen atoms in total. The minimum atomic E-state index is -0.145. The highest BCUT2D eigenvalue weighted by Crippen LogP contribution is 2.22. The molecule has 9 heavy (non-hydrogen) atoms. The molecule has 0 aromatic rings. The van der Waals surface area contributed by atoms with Crippen LogP contribution >= 0.6 is 0 Å². The second-order valence-electron chi connectivity index (χ2n) is 3.12. The minimum absolute atomic E-state index is 0.145. The smallest absolute Gasteiger partial charge is 0.0580 e. The van der Waals surface area contributed by atoms with Gasteiger partial charge >= 0.3 is 0 Å². The lowest BCUT2D eigenvalue weighted by molar-refractivity contribution is 0.0708. The van der Waals surface area contributed by atoms with Gasteiger partial charge in [0, 0.05) is 6.04 Å². The van der Waals surface area contributed by atoms with Crippen molar-refractivity contribution < 1.29 is 5.11 Å². The van der Waals surface area contributed by atoms with Gasteiger partial charge in [-0.15, -0.1) is 0 Å². The minimum Gasteiger partial charge on any atom is -0.393 e. The molecule has 0 amide bonds. The van der Waals surface area contributed by atoms with Crippen LogP contribution in [0, 0.1) is 5.92 Å². The Kier molecular flexibility index (Phi) is 2.09. The van der Waals surface area contributed by atoms with Crippen LogP contribution in [-0.4, -0.2) is 17.3 Å². The van der Waals surface area contributed by atoms with Crippen molar-refractivity contribution in [3.8, 4) is 0 Å². The molecule has 54 valence electrons. The SMILES string of the molecule is C[C@H]1CC[C@@H](N)C[C@@H]1O. The molecule has 0 spiro atoms. The first-order valence-electron chi connectivity index (χ1n) is 3.64. The standard InChI is InChI=1S/C7H15NO/c1-5-2-3-6(8)4-7(5)9/h5-7,9H,2-4,8H2,1H3/t5-,6+,7-/m0/s1. The van der Waals surface area contributed by atoms with E-state index in [1.807, 2.05) is 0 Å². The predicted octanol–water partition coefficient (Wildman–Crippen LogP) is 0.495. The number of hydrogen-bond acceptors (Lipinski definition) is 2. The molecule has 1 aliphatic carbocycles. The fraction of sp³-hybridized carbons (Fsp3) is 1.00. The van der Waals surface area contributed by atoms with Crippen LogP contribution in [0.2, 0.25) is 0 Å². The Hall–Kier alpha value is -0.0800. The fourth-order valence-electron chi connectivity index (χ4n) is 1.33. The molecular formula is C7H15NO. The molecule has 0 heterocycles. The molecule has 1 fully saturated rings. The molecule has 0 radical (unpaired) electrons. The van der Waals surface area contributed by atoms with E-state index in [4.69, 9.17) is 5.73 Å². The maximum absolute atomic E-state index is 9.27. The Morgan fingerprint density at radius 1 is 1.44 bits per heavy atom. The number of rotatable bonds is 0. The number of hydrogen-bond donors (Lipinski definition) is 2. The van der Waals surface area contributed by atoms with Gasteiger partial charge in [0.2, 0.25) is 0 Å². The van der Waals surface area contributed by atoms with Gasteiger partial charge in [-0.05, 0) is 25.2 Å². The topological polar surface area (TPSA) is 46.2 Å². The van der Waals surface area contributed by atoms with E-state index in [1.165, 1.54) is 0 Å². The van der Waals surface area contributed by atoms with Gasteiger partial charge in [0.25, 0.3) is 0 Å². The highest BCUT2D eigenvalue weighted by Gasteiger charge is 2.22. The third-order valence-electron chi connectivity index (χ3n) is 2.19. The number of nitrogens with two attached hydrogens (primary N) is 1. The van der Waals surface area contributed by atoms with Gasteiger partial charge in [0.15, 0.2) is 0 Å². The first-order valence-corrected chi connectivity index (χ1v) is 3.64. The Morgan fingerprint density at radius 2 is 2.11 bits per heavy atom. The number of aliphatic hydroxyl groups is 1. The van der Waals surface area contributed by atoms with E-state index in [-0.39, 0.29) is 12.1 Å². The maximum Gasteiger partial charge on any atom is 0.0580 e. The zero-order valence-electron chi connectivity index (χ0n) is 5.88. The predicted molar refractivity (Wildman–Crippen MR) is 37.0 cm³/mol. The summed E-state index contributed by atoms with van der Waals surface area (Å²) in [6.07, 6.45) is 2.82. The van der Waals surface area contributed by atoms with E-state index in [9.17, 15) is 5.11 Å². The van der Waals surface area contributed by atoms with Crippen molar-refractivity contribution in [2.24, 2.45) is 11.7 Å². The van der Waals surface area contributed by atoms with E-state index < -0.39 is 0 Å². The van der Waals surface area contributed by atoms with E-state index >= 15 is 0 Å². The summed E-state index contributed by atoms with van der Waals surface area (Å²) in [5.41, 5.74) is 5.63. The van der Waals surface area contributed by atoms with E-state index in [2.05, 4.69) is 6.92 Å². The van der Waals surface area contributed by atoms with Crippen LogP contribution in [0.1, 0.15) is 26.2 Å². The molecule has 2 heteroatoms. The first kappa shape index (κ1) is 7.03. The summed E-state index contributed by atoms with van der Waals surface area (Å²) in [5, 5.41) is 9.27. The van der Waals surface area contributed by atoms with Gasteiger partial charge in [0.1, 0.15) is 0 Å². The normalized spacial score (nSPS) is 45.0. The zero-order chi connectivity index (χ0) is 6.85. The molecule has 1 saturated carbocycles. The van der Waals surface area contributed by atoms with Gasteiger partial charge in [0.05, 0.1) is 6.10 Å². The van der Waals surface area contributed by atoms with Crippen molar-refractivity contribution >= 4 is 0 Å². The summed E-state index contributed by atoms with van der Waals surface area (Å²) >= 11 is 0. The summed E-state index contributed by atoms with van der Waals surface area (Å²) in [6.45, 7) is 2.08. The first-order chi connectivity index (χ1) is 4.20. The monoisotopic (exact) mass is 129 g/mol. The third kappa shape index (κ3) is 1.66. The van der Waals surface area contributed by atoms with Crippen LogP contribution in [0.3, 0.4) is 0 Å². The summed E-state index contributed by atoms with van der Waals surface area (Å²) in [6, 6.07) is 0.246. The van der Waals surface area contributed by atoms with Crippen molar-refractivity contribution in [1.82, 2.24) is 0 Å². The summed E-state index contributed by atoms with van der Waals surface area (Å²) < 4.78 is 0. The van der Waals surface area contributed by atoms with Crippen molar-refractivity contribution in [1.29, 1.82) is 0 Å². The van der Waals surface area contributed by atoms with Gasteiger partial charge in [-0.1, -0.05) is 6.92 Å².